The van der Waals surface area contributed by atoms with Crippen molar-refractivity contribution in [3.63, 3.8) is 0 Å². The second kappa shape index (κ2) is 8.45. The lowest BCUT2D eigenvalue weighted by Crippen LogP contribution is -2.38. The molecule has 1 aliphatic heterocycles. The minimum absolute atomic E-state index is 0.208. The average Bonchev–Trinajstić information content (AvgIpc) is 3.44. The van der Waals surface area contributed by atoms with E-state index in [1.807, 2.05) is 35.0 Å². The van der Waals surface area contributed by atoms with Crippen LogP contribution < -0.4 is 9.47 Å². The van der Waals surface area contributed by atoms with Crippen molar-refractivity contribution in [1.82, 2.24) is 4.90 Å². The Kier molecular flexibility index (Phi) is 5.76. The molecule has 7 heteroatoms. The maximum atomic E-state index is 13.1. The molecule has 2 aliphatic rings. The molecule has 1 fully saturated rings. The van der Waals surface area contributed by atoms with Crippen molar-refractivity contribution < 1.29 is 23.8 Å². The number of fused-ring (bicyclic) bond motifs is 1. The Balaban J connectivity index is 1.44. The van der Waals surface area contributed by atoms with Crippen molar-refractivity contribution in [3.8, 4) is 11.5 Å². The third kappa shape index (κ3) is 4.10. The van der Waals surface area contributed by atoms with Gasteiger partial charge in [0.1, 0.15) is 13.2 Å². The molecule has 1 aromatic carbocycles. The predicted octanol–water partition coefficient (Wildman–Crippen LogP) is 3.53. The second-order valence-corrected chi connectivity index (χ2v) is 8.39. The van der Waals surface area contributed by atoms with Crippen LogP contribution in [0, 0.1) is 0 Å². The zero-order valence-corrected chi connectivity index (χ0v) is 17.3. The summed E-state index contributed by atoms with van der Waals surface area (Å²) in [6, 6.07) is 7.66. The largest absolute Gasteiger partial charge is 0.486 e. The third-order valence-electron chi connectivity index (χ3n) is 5.69. The highest BCUT2D eigenvalue weighted by molar-refractivity contribution is 7.07. The van der Waals surface area contributed by atoms with E-state index < -0.39 is 5.41 Å². The summed E-state index contributed by atoms with van der Waals surface area (Å²) in [4.78, 5) is 27.1. The number of likely N-dealkylation sites (N-methyl/N-ethyl adjacent to an activating group) is 1. The van der Waals surface area contributed by atoms with E-state index in [4.69, 9.17) is 14.2 Å². The number of rotatable bonds is 6. The highest BCUT2D eigenvalue weighted by Gasteiger charge is 2.45. The summed E-state index contributed by atoms with van der Waals surface area (Å²) in [5.74, 6) is 0.829. The molecular weight excluding hydrogens is 390 g/mol. The molecule has 6 nitrogen and oxygen atoms in total. The first-order valence-corrected chi connectivity index (χ1v) is 10.9. The van der Waals surface area contributed by atoms with Crippen LogP contribution in [0.5, 0.6) is 11.5 Å². The molecule has 1 aromatic heterocycles. The van der Waals surface area contributed by atoms with Crippen LogP contribution in [0.4, 0.5) is 0 Å². The van der Waals surface area contributed by atoms with Crippen LogP contribution in [0.15, 0.2) is 35.0 Å². The summed E-state index contributed by atoms with van der Waals surface area (Å²) < 4.78 is 16.8. The average molecular weight is 416 g/mol. The van der Waals surface area contributed by atoms with E-state index in [-0.39, 0.29) is 18.5 Å². The maximum absolute atomic E-state index is 13.1. The molecule has 2 aromatic rings. The van der Waals surface area contributed by atoms with E-state index in [1.54, 1.807) is 23.3 Å². The van der Waals surface area contributed by atoms with Crippen LogP contribution in [-0.2, 0) is 26.3 Å². The summed E-state index contributed by atoms with van der Waals surface area (Å²) >= 11 is 1.59. The monoisotopic (exact) mass is 415 g/mol. The zero-order chi connectivity index (χ0) is 20.3. The van der Waals surface area contributed by atoms with E-state index in [0.717, 1.165) is 24.0 Å². The quantitative estimate of drug-likeness (QED) is 0.676. The molecule has 0 spiro atoms. The maximum Gasteiger partial charge on any atom is 0.317 e. The Morgan fingerprint density at radius 2 is 1.90 bits per heavy atom. The van der Waals surface area contributed by atoms with Gasteiger partial charge in [0.2, 0.25) is 0 Å². The van der Waals surface area contributed by atoms with Gasteiger partial charge in [-0.3, -0.25) is 9.59 Å². The van der Waals surface area contributed by atoms with Crippen LogP contribution in [0.2, 0.25) is 0 Å². The lowest BCUT2D eigenvalue weighted by molar-refractivity contribution is -0.156. The van der Waals surface area contributed by atoms with E-state index >= 15 is 0 Å². The van der Waals surface area contributed by atoms with Gasteiger partial charge in [-0.05, 0) is 52.9 Å². The first kappa shape index (κ1) is 19.8. The lowest BCUT2D eigenvalue weighted by Gasteiger charge is -2.29. The Morgan fingerprint density at radius 1 is 1.14 bits per heavy atom. The fourth-order valence-electron chi connectivity index (χ4n) is 4.05. The van der Waals surface area contributed by atoms with Crippen molar-refractivity contribution >= 4 is 23.2 Å². The van der Waals surface area contributed by atoms with Gasteiger partial charge >= 0.3 is 5.97 Å². The second-order valence-electron chi connectivity index (χ2n) is 7.61. The van der Waals surface area contributed by atoms with Gasteiger partial charge in [-0.25, -0.2) is 0 Å². The number of carbonyl (C=O) groups excluding carboxylic acids is 2. The number of thiophene rings is 1. The fraction of sp³-hybridized carbons (Fsp3) is 0.455. The first-order chi connectivity index (χ1) is 14.1. The number of hydrogen-bond donors (Lipinski definition) is 0. The summed E-state index contributed by atoms with van der Waals surface area (Å²) in [5.41, 5.74) is 1.23. The molecule has 0 bridgehead atoms. The molecule has 0 N–H and O–H groups in total. The molecule has 0 saturated heterocycles. The van der Waals surface area contributed by atoms with Crippen LogP contribution >= 0.6 is 11.3 Å². The van der Waals surface area contributed by atoms with Crippen molar-refractivity contribution in [3.05, 3.63) is 46.2 Å². The number of benzene rings is 1. The van der Waals surface area contributed by atoms with Gasteiger partial charge in [-0.1, -0.05) is 18.9 Å². The molecule has 1 aliphatic carbocycles. The number of carbonyl (C=O) groups is 2. The van der Waals surface area contributed by atoms with Crippen LogP contribution in [-0.4, -0.2) is 43.6 Å². The van der Waals surface area contributed by atoms with Crippen molar-refractivity contribution in [1.29, 1.82) is 0 Å². The van der Waals surface area contributed by atoms with Crippen LogP contribution in [0.25, 0.3) is 0 Å². The minimum atomic E-state index is -0.720. The Bertz CT molecular complexity index is 873. The molecule has 0 radical (unpaired) electrons. The van der Waals surface area contributed by atoms with Gasteiger partial charge in [-0.15, -0.1) is 0 Å². The highest BCUT2D eigenvalue weighted by atomic mass is 32.1. The molecule has 29 heavy (non-hydrogen) atoms. The van der Waals surface area contributed by atoms with Gasteiger partial charge in [0.25, 0.3) is 5.91 Å². The number of hydrogen-bond acceptors (Lipinski definition) is 6. The highest BCUT2D eigenvalue weighted by Crippen LogP contribution is 2.45. The van der Waals surface area contributed by atoms with Crippen LogP contribution in [0.3, 0.4) is 0 Å². The summed E-state index contributed by atoms with van der Waals surface area (Å²) in [5, 5.41) is 3.98. The SMILES string of the molecule is CN(Cc1ccsc1)C(=O)COC(=O)C1(c2ccc3c(c2)OCCO3)CCCC1. The van der Waals surface area contributed by atoms with E-state index in [2.05, 4.69) is 0 Å². The van der Waals surface area contributed by atoms with E-state index in [9.17, 15) is 9.59 Å². The van der Waals surface area contributed by atoms with Gasteiger partial charge in [0.05, 0.1) is 5.41 Å². The summed E-state index contributed by atoms with van der Waals surface area (Å²) in [6.07, 6.45) is 3.33. The van der Waals surface area contributed by atoms with Crippen LogP contribution in [0.1, 0.15) is 36.8 Å². The van der Waals surface area contributed by atoms with Crippen molar-refractivity contribution in [2.24, 2.45) is 0 Å². The zero-order valence-electron chi connectivity index (χ0n) is 16.5. The van der Waals surface area contributed by atoms with Crippen molar-refractivity contribution in [2.75, 3.05) is 26.9 Å². The number of amides is 1. The smallest absolute Gasteiger partial charge is 0.317 e. The van der Waals surface area contributed by atoms with Gasteiger partial charge in [0, 0.05) is 13.6 Å². The minimum Gasteiger partial charge on any atom is -0.486 e. The molecule has 1 amide bonds. The first-order valence-electron chi connectivity index (χ1n) is 9.91. The van der Waals surface area contributed by atoms with Gasteiger partial charge in [0.15, 0.2) is 18.1 Å². The standard InChI is InChI=1S/C22H25NO5S/c1-23(13-16-6-11-29-15-16)20(24)14-28-21(25)22(7-2-3-8-22)17-4-5-18-19(12-17)27-10-9-26-18/h4-6,11-12,15H,2-3,7-10,13-14H2,1H3. The fourth-order valence-corrected chi connectivity index (χ4v) is 4.71. The van der Waals surface area contributed by atoms with E-state index in [1.165, 1.54) is 0 Å². The Hall–Kier alpha value is -2.54. The predicted molar refractivity (Wildman–Crippen MR) is 109 cm³/mol. The third-order valence-corrected chi connectivity index (χ3v) is 6.43. The lowest BCUT2D eigenvalue weighted by atomic mass is 9.78. The molecule has 2 heterocycles. The summed E-state index contributed by atoms with van der Waals surface area (Å²) in [6.45, 7) is 1.29. The number of nitrogens with zero attached hydrogens (tertiary/aromatic N) is 1. The molecule has 1 saturated carbocycles. The summed E-state index contributed by atoms with van der Waals surface area (Å²) in [7, 11) is 1.72. The number of esters is 1. The molecule has 0 atom stereocenters. The molecular formula is C22H25NO5S. The molecule has 4 rings (SSSR count). The Labute approximate surface area is 174 Å². The number of ether oxygens (including phenoxy) is 3. The molecule has 154 valence electrons. The van der Waals surface area contributed by atoms with Crippen molar-refractivity contribution in [2.45, 2.75) is 37.6 Å². The topological polar surface area (TPSA) is 65.1 Å². The molecule has 0 unspecified atom stereocenters. The Morgan fingerprint density at radius 3 is 2.62 bits per heavy atom. The van der Waals surface area contributed by atoms with E-state index in [0.29, 0.717) is 44.1 Å². The normalized spacial score (nSPS) is 17.0. The van der Waals surface area contributed by atoms with Gasteiger partial charge < -0.3 is 19.1 Å². The van der Waals surface area contributed by atoms with Gasteiger partial charge in [-0.2, -0.15) is 11.3 Å².